The van der Waals surface area contributed by atoms with Gasteiger partial charge in [-0.05, 0) is 33.7 Å². The van der Waals surface area contributed by atoms with Gasteiger partial charge in [0.2, 0.25) is 18.0 Å². The first kappa shape index (κ1) is 31.4. The van der Waals surface area contributed by atoms with Crippen molar-refractivity contribution in [3.8, 4) is 27.3 Å². The lowest BCUT2D eigenvalue weighted by Crippen LogP contribution is -2.66. The van der Waals surface area contributed by atoms with E-state index in [1.807, 2.05) is 24.3 Å². The SMILES string of the molecule is COCCOC(=O)OCOc1c2n(ccc1=O)N(C1c3ccccc3-c3scc4c3-c3c1ccc(F)c3C(F)(F)C4)C1COCCN1C2=O. The number of fused-ring (bicyclic) bond motifs is 4. The predicted octanol–water partition coefficient (Wildman–Crippen LogP) is 5.02. The highest BCUT2D eigenvalue weighted by Crippen LogP contribution is 2.58. The number of halogens is 3. The van der Waals surface area contributed by atoms with Crippen LogP contribution in [-0.4, -0.2) is 74.7 Å². The standard InChI is InChI=1S/C34H28F3N3O8S/c1-44-12-13-46-33(43)48-17-47-30-23(41)8-9-39-29(30)32(42)38-10-11-45-15-24(38)40(39)28-19-4-2-3-5-20(19)31-25-18(16-49-31)14-34(36,37)27-22(35)7-6-21(28)26(25)27/h2-9,16,24,28H,10-15,17H2,1H3. The van der Waals surface area contributed by atoms with Gasteiger partial charge in [-0.1, -0.05) is 30.3 Å². The molecule has 1 saturated heterocycles. The molecule has 4 aromatic rings. The molecule has 0 spiro atoms. The Bertz CT molecular complexity index is 2070. The summed E-state index contributed by atoms with van der Waals surface area (Å²) in [6.45, 7) is -0.262. The molecule has 2 aromatic heterocycles. The van der Waals surface area contributed by atoms with Gasteiger partial charge in [-0.2, -0.15) is 0 Å². The Labute approximate surface area is 280 Å². The fourth-order valence-corrected chi connectivity index (χ4v) is 8.34. The second-order valence-corrected chi connectivity index (χ2v) is 12.7. The van der Waals surface area contributed by atoms with E-state index in [0.29, 0.717) is 22.3 Å². The van der Waals surface area contributed by atoms with Crippen molar-refractivity contribution in [2.75, 3.05) is 51.9 Å². The minimum absolute atomic E-state index is 0.0508. The number of rotatable bonds is 7. The Kier molecular flexibility index (Phi) is 7.65. The number of carbonyl (C=O) groups is 2. The zero-order valence-corrected chi connectivity index (χ0v) is 26.8. The molecule has 1 fully saturated rings. The molecule has 2 aliphatic heterocycles. The van der Waals surface area contributed by atoms with E-state index in [-0.39, 0.29) is 50.0 Å². The number of benzene rings is 2. The quantitative estimate of drug-likeness (QED) is 0.150. The van der Waals surface area contributed by atoms with Gasteiger partial charge in [0.15, 0.2) is 5.69 Å². The van der Waals surface area contributed by atoms with E-state index in [1.165, 1.54) is 46.4 Å². The number of morpholine rings is 1. The smallest absolute Gasteiger partial charge is 0.451 e. The molecule has 11 nitrogen and oxygen atoms in total. The largest absolute Gasteiger partial charge is 0.511 e. The Morgan fingerprint density at radius 2 is 1.90 bits per heavy atom. The monoisotopic (exact) mass is 695 g/mol. The van der Waals surface area contributed by atoms with Gasteiger partial charge in [-0.15, -0.1) is 11.3 Å². The Balaban J connectivity index is 1.32. The normalized spacial score (nSPS) is 19.6. The van der Waals surface area contributed by atoms with Crippen LogP contribution in [0.4, 0.5) is 18.0 Å². The van der Waals surface area contributed by atoms with Crippen LogP contribution < -0.4 is 15.2 Å². The summed E-state index contributed by atoms with van der Waals surface area (Å²) in [5.41, 5.74) is 1.50. The molecule has 2 unspecified atom stereocenters. The average Bonchev–Trinajstić information content (AvgIpc) is 3.45. The van der Waals surface area contributed by atoms with Gasteiger partial charge in [-0.3, -0.25) is 19.3 Å². The predicted molar refractivity (Wildman–Crippen MR) is 169 cm³/mol. The van der Waals surface area contributed by atoms with Gasteiger partial charge < -0.3 is 28.6 Å². The van der Waals surface area contributed by atoms with E-state index in [9.17, 15) is 14.4 Å². The van der Waals surface area contributed by atoms with E-state index in [2.05, 4.69) is 0 Å². The van der Waals surface area contributed by atoms with Crippen molar-refractivity contribution in [2.24, 2.45) is 0 Å². The summed E-state index contributed by atoms with van der Waals surface area (Å²) in [5.74, 6) is -5.42. The number of thiophene rings is 1. The van der Waals surface area contributed by atoms with E-state index in [0.717, 1.165) is 16.5 Å². The summed E-state index contributed by atoms with van der Waals surface area (Å²) in [6.07, 6.45) is -1.06. The molecule has 1 amide bonds. The van der Waals surface area contributed by atoms with Gasteiger partial charge in [0.05, 0.1) is 31.4 Å². The van der Waals surface area contributed by atoms with Gasteiger partial charge in [0.25, 0.3) is 11.8 Å². The first-order chi connectivity index (χ1) is 23.7. The van der Waals surface area contributed by atoms with Crippen molar-refractivity contribution in [3.05, 3.63) is 98.0 Å². The second-order valence-electron chi connectivity index (χ2n) is 11.9. The lowest BCUT2D eigenvalue weighted by Gasteiger charge is -2.51. The molecule has 0 saturated carbocycles. The molecule has 2 atom stereocenters. The minimum atomic E-state index is -3.48. The number of methoxy groups -OCH3 is 1. The Morgan fingerprint density at radius 3 is 2.73 bits per heavy atom. The number of ether oxygens (including phenoxy) is 5. The molecule has 49 heavy (non-hydrogen) atoms. The average molecular weight is 696 g/mol. The van der Waals surface area contributed by atoms with Crippen LogP contribution in [0.1, 0.15) is 38.8 Å². The topological polar surface area (TPSA) is 109 Å². The van der Waals surface area contributed by atoms with Crippen LogP contribution in [0.5, 0.6) is 5.75 Å². The highest BCUT2D eigenvalue weighted by molar-refractivity contribution is 7.14. The highest BCUT2D eigenvalue weighted by Gasteiger charge is 2.50. The maximum absolute atomic E-state index is 15.9. The van der Waals surface area contributed by atoms with Crippen LogP contribution in [0.15, 0.2) is 58.8 Å². The first-order valence-electron chi connectivity index (χ1n) is 15.5. The van der Waals surface area contributed by atoms with Crippen molar-refractivity contribution in [2.45, 2.75) is 24.6 Å². The zero-order chi connectivity index (χ0) is 34.0. The van der Waals surface area contributed by atoms with Crippen molar-refractivity contribution >= 4 is 23.4 Å². The maximum atomic E-state index is 15.9. The van der Waals surface area contributed by atoms with Crippen LogP contribution >= 0.6 is 11.3 Å². The molecular weight excluding hydrogens is 667 g/mol. The van der Waals surface area contributed by atoms with Crippen molar-refractivity contribution in [1.82, 2.24) is 9.58 Å². The number of aromatic nitrogens is 1. The molecule has 4 heterocycles. The fraction of sp³-hybridized carbons (Fsp3) is 0.324. The molecule has 0 radical (unpaired) electrons. The zero-order valence-electron chi connectivity index (χ0n) is 26.0. The highest BCUT2D eigenvalue weighted by atomic mass is 32.1. The number of carbonyl (C=O) groups excluding carboxylic acids is 2. The Morgan fingerprint density at radius 1 is 1.06 bits per heavy atom. The lowest BCUT2D eigenvalue weighted by atomic mass is 9.80. The van der Waals surface area contributed by atoms with Crippen LogP contribution in [0.25, 0.3) is 21.6 Å². The number of alkyl halides is 2. The van der Waals surface area contributed by atoms with Crippen LogP contribution in [0, 0.1) is 5.82 Å². The summed E-state index contributed by atoms with van der Waals surface area (Å²) in [6, 6.07) is 10.4. The molecule has 0 bridgehead atoms. The molecule has 254 valence electrons. The second kappa shape index (κ2) is 11.9. The van der Waals surface area contributed by atoms with Crippen molar-refractivity contribution in [1.29, 1.82) is 0 Å². The summed E-state index contributed by atoms with van der Waals surface area (Å²) < 4.78 is 75.0. The van der Waals surface area contributed by atoms with E-state index in [1.54, 1.807) is 10.4 Å². The van der Waals surface area contributed by atoms with Gasteiger partial charge in [0.1, 0.15) is 18.6 Å². The molecular formula is C34H28F3N3O8S. The third-order valence-electron chi connectivity index (χ3n) is 9.18. The number of nitrogens with zero attached hydrogens (tertiary/aromatic N) is 3. The van der Waals surface area contributed by atoms with Crippen molar-refractivity contribution in [3.63, 3.8) is 0 Å². The van der Waals surface area contributed by atoms with E-state index in [4.69, 9.17) is 23.7 Å². The Hall–Kier alpha value is -4.86. The molecule has 0 N–H and O–H groups in total. The summed E-state index contributed by atoms with van der Waals surface area (Å²) in [4.78, 5) is 41.7. The number of hydrogen-bond acceptors (Lipinski definition) is 10. The molecule has 2 aromatic carbocycles. The number of hydrogen-bond donors (Lipinski definition) is 0. The summed E-state index contributed by atoms with van der Waals surface area (Å²) in [7, 11) is 1.44. The van der Waals surface area contributed by atoms with Crippen LogP contribution in [0.2, 0.25) is 0 Å². The van der Waals surface area contributed by atoms with E-state index >= 15 is 13.2 Å². The minimum Gasteiger partial charge on any atom is -0.451 e. The van der Waals surface area contributed by atoms with Crippen molar-refractivity contribution < 1.29 is 46.4 Å². The van der Waals surface area contributed by atoms with Gasteiger partial charge in [-0.25, -0.2) is 18.0 Å². The number of pyridine rings is 1. The third-order valence-corrected chi connectivity index (χ3v) is 10.2. The fourth-order valence-electron chi connectivity index (χ4n) is 7.21. The molecule has 8 rings (SSSR count). The lowest BCUT2D eigenvalue weighted by molar-refractivity contribution is -0.0216. The summed E-state index contributed by atoms with van der Waals surface area (Å²) in [5, 5.41) is 3.50. The number of amides is 1. The van der Waals surface area contributed by atoms with Gasteiger partial charge in [0, 0.05) is 48.3 Å². The van der Waals surface area contributed by atoms with E-state index < -0.39 is 60.2 Å². The molecule has 4 aliphatic rings. The maximum Gasteiger partial charge on any atom is 0.511 e. The summed E-state index contributed by atoms with van der Waals surface area (Å²) >= 11 is 1.33. The third kappa shape index (κ3) is 4.89. The molecule has 2 aliphatic carbocycles. The molecule has 15 heteroatoms. The van der Waals surface area contributed by atoms with Crippen LogP contribution in [0.3, 0.4) is 0 Å². The van der Waals surface area contributed by atoms with Gasteiger partial charge >= 0.3 is 6.16 Å². The van der Waals surface area contributed by atoms with Crippen LogP contribution in [-0.2, 0) is 31.3 Å². The first-order valence-corrected chi connectivity index (χ1v) is 16.3.